The highest BCUT2D eigenvalue weighted by atomic mass is 16.5. The molecule has 116 valence electrons. The van der Waals surface area contributed by atoms with Crippen LogP contribution in [0.2, 0.25) is 0 Å². The summed E-state index contributed by atoms with van der Waals surface area (Å²) < 4.78 is 5.85. The Morgan fingerprint density at radius 3 is 2.64 bits per heavy atom. The number of hydrogen-bond acceptors (Lipinski definition) is 3. The summed E-state index contributed by atoms with van der Waals surface area (Å²) >= 11 is 0. The zero-order valence-electron chi connectivity index (χ0n) is 12.3. The first-order valence-electron chi connectivity index (χ1n) is 7.47. The summed E-state index contributed by atoms with van der Waals surface area (Å²) in [6.07, 6.45) is 6.18. The van der Waals surface area contributed by atoms with Crippen molar-refractivity contribution in [3.63, 3.8) is 0 Å². The topological polar surface area (TPSA) is 66.8 Å². The molecule has 22 heavy (non-hydrogen) atoms. The average molecular weight is 301 g/mol. The molecule has 1 fully saturated rings. The van der Waals surface area contributed by atoms with Crippen LogP contribution >= 0.6 is 0 Å². The van der Waals surface area contributed by atoms with Crippen molar-refractivity contribution in [2.45, 2.75) is 24.9 Å². The van der Waals surface area contributed by atoms with Gasteiger partial charge in [0.1, 0.15) is 0 Å². The van der Waals surface area contributed by atoms with Crippen LogP contribution in [0.1, 0.15) is 28.8 Å². The first-order valence-corrected chi connectivity index (χ1v) is 7.47. The molecule has 1 spiro atoms. The molecule has 0 aromatic heterocycles. The van der Waals surface area contributed by atoms with E-state index in [2.05, 4.69) is 6.08 Å². The first kappa shape index (κ1) is 14.8. The molecule has 1 amide bonds. The number of hydrogen-bond donors (Lipinski definition) is 1. The molecule has 1 atom stereocenters. The number of carbonyl (C=O) groups is 2. The molecule has 0 aliphatic carbocycles. The lowest BCUT2D eigenvalue weighted by Crippen LogP contribution is -2.39. The summed E-state index contributed by atoms with van der Waals surface area (Å²) in [5.74, 6) is -0.889. The summed E-state index contributed by atoms with van der Waals surface area (Å²) in [5, 5.41) is 8.88. The molecule has 2 aliphatic rings. The summed E-state index contributed by atoms with van der Waals surface area (Å²) in [6, 6.07) is 6.47. The fourth-order valence-corrected chi connectivity index (χ4v) is 3.04. The first-order chi connectivity index (χ1) is 10.6. The van der Waals surface area contributed by atoms with Crippen molar-refractivity contribution in [2.75, 3.05) is 19.7 Å². The Kier molecular flexibility index (Phi) is 3.98. The molecular formula is C17H19NO4. The van der Waals surface area contributed by atoms with Crippen molar-refractivity contribution < 1.29 is 19.4 Å². The normalized spacial score (nSPS) is 23.9. The third-order valence-corrected chi connectivity index (χ3v) is 4.37. The predicted octanol–water partition coefficient (Wildman–Crippen LogP) is 1.87. The van der Waals surface area contributed by atoms with Gasteiger partial charge in [-0.2, -0.15) is 0 Å². The van der Waals surface area contributed by atoms with Crippen molar-refractivity contribution in [2.24, 2.45) is 0 Å². The largest absolute Gasteiger partial charge is 0.478 e. The van der Waals surface area contributed by atoms with Crippen LogP contribution in [0.25, 0.3) is 0 Å². The van der Waals surface area contributed by atoms with E-state index in [1.807, 2.05) is 11.0 Å². The number of likely N-dealkylation sites (tertiary alicyclic amines) is 1. The third kappa shape index (κ3) is 3.04. The summed E-state index contributed by atoms with van der Waals surface area (Å²) in [5.41, 5.74) is 0.872. The molecule has 1 aromatic carbocycles. The van der Waals surface area contributed by atoms with Gasteiger partial charge < -0.3 is 14.7 Å². The Hall–Kier alpha value is -2.14. The molecule has 0 saturated carbocycles. The van der Waals surface area contributed by atoms with Crippen molar-refractivity contribution in [3.05, 3.63) is 47.5 Å². The Balaban J connectivity index is 1.60. The maximum absolute atomic E-state index is 12.4. The molecule has 2 aliphatic heterocycles. The monoisotopic (exact) mass is 301 g/mol. The fraction of sp³-hybridized carbons (Fsp3) is 0.412. The van der Waals surface area contributed by atoms with E-state index in [1.165, 1.54) is 12.1 Å². The Morgan fingerprint density at radius 1 is 1.23 bits per heavy atom. The summed E-state index contributed by atoms with van der Waals surface area (Å²) in [6.45, 7) is 1.99. The van der Waals surface area contributed by atoms with Crippen LogP contribution in [0.4, 0.5) is 0 Å². The van der Waals surface area contributed by atoms with E-state index in [1.54, 1.807) is 12.1 Å². The molecule has 2 heterocycles. The average Bonchev–Trinajstić information content (AvgIpc) is 2.92. The highest BCUT2D eigenvalue weighted by Gasteiger charge is 2.40. The highest BCUT2D eigenvalue weighted by molar-refractivity contribution is 5.87. The maximum atomic E-state index is 12.4. The number of benzene rings is 1. The van der Waals surface area contributed by atoms with Gasteiger partial charge in [0.2, 0.25) is 5.91 Å². The van der Waals surface area contributed by atoms with Crippen LogP contribution in [0.5, 0.6) is 0 Å². The van der Waals surface area contributed by atoms with Crippen molar-refractivity contribution in [3.8, 4) is 0 Å². The van der Waals surface area contributed by atoms with Crippen molar-refractivity contribution in [1.29, 1.82) is 0 Å². The lowest BCUT2D eigenvalue weighted by atomic mass is 9.96. The number of ether oxygens (including phenoxy) is 1. The van der Waals surface area contributed by atoms with Gasteiger partial charge in [-0.25, -0.2) is 4.79 Å². The van der Waals surface area contributed by atoms with Gasteiger partial charge in [-0.15, -0.1) is 0 Å². The van der Waals surface area contributed by atoms with Crippen LogP contribution in [0.15, 0.2) is 36.4 Å². The van der Waals surface area contributed by atoms with E-state index in [0.29, 0.717) is 19.6 Å². The Morgan fingerprint density at radius 2 is 2.00 bits per heavy atom. The van der Waals surface area contributed by atoms with Crippen LogP contribution in [0, 0.1) is 0 Å². The minimum Gasteiger partial charge on any atom is -0.478 e. The van der Waals surface area contributed by atoms with Crippen LogP contribution in [0.3, 0.4) is 0 Å². The Labute approximate surface area is 129 Å². The summed E-state index contributed by atoms with van der Waals surface area (Å²) in [4.78, 5) is 25.1. The number of carboxylic acids is 1. The van der Waals surface area contributed by atoms with E-state index in [4.69, 9.17) is 9.84 Å². The molecule has 0 bridgehead atoms. The van der Waals surface area contributed by atoms with E-state index in [9.17, 15) is 9.59 Å². The van der Waals surface area contributed by atoms with Crippen molar-refractivity contribution >= 4 is 11.9 Å². The predicted molar refractivity (Wildman–Crippen MR) is 80.7 cm³/mol. The zero-order chi connectivity index (χ0) is 15.6. The van der Waals surface area contributed by atoms with Crippen LogP contribution < -0.4 is 0 Å². The number of carboxylic acid groups (broad SMARTS) is 1. The van der Waals surface area contributed by atoms with Gasteiger partial charge in [-0.1, -0.05) is 24.3 Å². The van der Waals surface area contributed by atoms with Gasteiger partial charge in [-0.3, -0.25) is 4.79 Å². The second-order valence-corrected chi connectivity index (χ2v) is 5.91. The van der Waals surface area contributed by atoms with Crippen LogP contribution in [-0.2, 0) is 16.0 Å². The number of carbonyl (C=O) groups excluding carboxylic acids is 1. The fourth-order valence-electron chi connectivity index (χ4n) is 3.04. The molecule has 1 N–H and O–H groups in total. The van der Waals surface area contributed by atoms with Crippen LogP contribution in [-0.4, -0.2) is 47.2 Å². The molecule has 1 aromatic rings. The van der Waals surface area contributed by atoms with Gasteiger partial charge in [-0.05, 0) is 30.5 Å². The molecule has 0 radical (unpaired) electrons. The third-order valence-electron chi connectivity index (χ3n) is 4.37. The van der Waals surface area contributed by atoms with Gasteiger partial charge in [0.05, 0.1) is 30.7 Å². The van der Waals surface area contributed by atoms with Gasteiger partial charge in [0.25, 0.3) is 0 Å². The standard InChI is InChI=1S/C17H19NO4/c19-15(11-13-3-5-14(6-4-13)16(20)21)18-9-8-17(12-18)7-1-2-10-22-17/h1-6H,7-12H2,(H,20,21). The molecule has 1 unspecified atom stereocenters. The highest BCUT2D eigenvalue weighted by Crippen LogP contribution is 2.31. The van der Waals surface area contributed by atoms with E-state index < -0.39 is 5.97 Å². The lowest BCUT2D eigenvalue weighted by Gasteiger charge is -2.30. The number of nitrogens with zero attached hydrogens (tertiary/aromatic N) is 1. The van der Waals surface area contributed by atoms with Gasteiger partial charge >= 0.3 is 5.97 Å². The zero-order valence-corrected chi connectivity index (χ0v) is 12.3. The molecule has 5 heteroatoms. The van der Waals surface area contributed by atoms with E-state index >= 15 is 0 Å². The molecular weight excluding hydrogens is 282 g/mol. The SMILES string of the molecule is O=C(O)c1ccc(CC(=O)N2CCC3(CC=CCO3)C2)cc1. The molecule has 1 saturated heterocycles. The van der Waals surface area contributed by atoms with Gasteiger partial charge in [0, 0.05) is 6.54 Å². The number of rotatable bonds is 3. The smallest absolute Gasteiger partial charge is 0.335 e. The molecule has 5 nitrogen and oxygen atoms in total. The lowest BCUT2D eigenvalue weighted by molar-refractivity contribution is -0.131. The van der Waals surface area contributed by atoms with Gasteiger partial charge in [0.15, 0.2) is 0 Å². The second kappa shape index (κ2) is 5.93. The second-order valence-electron chi connectivity index (χ2n) is 5.91. The summed E-state index contributed by atoms with van der Waals surface area (Å²) in [7, 11) is 0. The van der Waals surface area contributed by atoms with E-state index in [-0.39, 0.29) is 17.1 Å². The quantitative estimate of drug-likeness (QED) is 0.866. The van der Waals surface area contributed by atoms with E-state index in [0.717, 1.165) is 24.9 Å². The minimum atomic E-state index is -0.957. The molecule has 3 rings (SSSR count). The Bertz CT molecular complexity index is 608. The minimum absolute atomic E-state index is 0.0677. The van der Waals surface area contributed by atoms with Crippen molar-refractivity contribution in [1.82, 2.24) is 4.90 Å². The number of aromatic carboxylic acids is 1. The number of amides is 1. The maximum Gasteiger partial charge on any atom is 0.335 e.